The monoisotopic (exact) mass is 395 g/mol. The Morgan fingerprint density at radius 3 is 2.29 bits per heavy atom. The molecule has 4 fully saturated rings. The van der Waals surface area contributed by atoms with E-state index >= 15 is 0 Å². The third-order valence-electron chi connectivity index (χ3n) is 7.00. The number of amides is 1. The average molecular weight is 396 g/mol. The molecule has 6 rings (SSSR count). The van der Waals surface area contributed by atoms with Crippen LogP contribution in [0.15, 0.2) is 29.6 Å². The number of hydrogen-bond donors (Lipinski definition) is 1. The Hall–Kier alpha value is -1.81. The van der Waals surface area contributed by atoms with Gasteiger partial charge in [-0.3, -0.25) is 4.79 Å². The van der Waals surface area contributed by atoms with Crippen molar-refractivity contribution in [3.05, 3.63) is 51.2 Å². The van der Waals surface area contributed by atoms with Crippen LogP contribution < -0.4 is 10.1 Å². The highest BCUT2D eigenvalue weighted by atomic mass is 32.1. The predicted octanol–water partition coefficient (Wildman–Crippen LogP) is 5.50. The first-order chi connectivity index (χ1) is 13.5. The number of benzene rings is 1. The molecule has 3 nitrogen and oxygen atoms in total. The Labute approximate surface area is 171 Å². The lowest BCUT2D eigenvalue weighted by Crippen LogP contribution is -2.55. The molecule has 1 heterocycles. The van der Waals surface area contributed by atoms with E-state index in [1.807, 2.05) is 6.07 Å². The van der Waals surface area contributed by atoms with Gasteiger partial charge >= 0.3 is 0 Å². The maximum absolute atomic E-state index is 12.9. The van der Waals surface area contributed by atoms with Gasteiger partial charge in [0, 0.05) is 11.6 Å². The fourth-order valence-electron chi connectivity index (χ4n) is 6.14. The first-order valence-electron chi connectivity index (χ1n) is 10.6. The molecule has 4 bridgehead atoms. The van der Waals surface area contributed by atoms with Crippen molar-refractivity contribution in [1.29, 1.82) is 0 Å². The summed E-state index contributed by atoms with van der Waals surface area (Å²) in [5, 5.41) is 5.46. The summed E-state index contributed by atoms with van der Waals surface area (Å²) < 4.78 is 5.95. The van der Waals surface area contributed by atoms with E-state index in [1.165, 1.54) is 54.6 Å². The first-order valence-corrected chi connectivity index (χ1v) is 11.5. The lowest BCUT2D eigenvalue weighted by molar-refractivity contribution is -0.0119. The summed E-state index contributed by atoms with van der Waals surface area (Å²) in [5.74, 6) is 4.31. The summed E-state index contributed by atoms with van der Waals surface area (Å²) in [4.78, 5) is 13.7. The van der Waals surface area contributed by atoms with Gasteiger partial charge in [-0.25, -0.2) is 0 Å². The second-order valence-corrected chi connectivity index (χ2v) is 10.3. The van der Waals surface area contributed by atoms with E-state index in [9.17, 15) is 4.79 Å². The zero-order valence-corrected chi connectivity index (χ0v) is 17.6. The molecule has 4 aliphatic rings. The smallest absolute Gasteiger partial charge is 0.261 e. The summed E-state index contributed by atoms with van der Waals surface area (Å²) in [6, 6.07) is 8.65. The summed E-state index contributed by atoms with van der Waals surface area (Å²) in [6.07, 6.45) is 6.77. The van der Waals surface area contributed by atoms with Crippen LogP contribution in [0.1, 0.15) is 58.5 Å². The normalized spacial score (nSPS) is 30.4. The van der Waals surface area contributed by atoms with Crippen molar-refractivity contribution in [3.63, 3.8) is 0 Å². The third kappa shape index (κ3) is 3.59. The average Bonchev–Trinajstić information content (AvgIpc) is 3.11. The van der Waals surface area contributed by atoms with E-state index in [0.29, 0.717) is 24.5 Å². The van der Waals surface area contributed by atoms with Crippen molar-refractivity contribution in [3.8, 4) is 5.75 Å². The number of carbonyl (C=O) groups is 1. The van der Waals surface area contributed by atoms with Crippen LogP contribution in [0.2, 0.25) is 0 Å². The SMILES string of the molecule is Cc1cc(C)cc(OCc2csc(C(=O)NC3C4CC5CC(C4)CC3C5)c2)c1. The lowest BCUT2D eigenvalue weighted by atomic mass is 9.54. The van der Waals surface area contributed by atoms with E-state index < -0.39 is 0 Å². The summed E-state index contributed by atoms with van der Waals surface area (Å²) >= 11 is 1.53. The molecule has 2 aromatic rings. The molecule has 1 amide bonds. The highest BCUT2D eigenvalue weighted by molar-refractivity contribution is 7.12. The van der Waals surface area contributed by atoms with Crippen molar-refractivity contribution in [1.82, 2.24) is 5.32 Å². The Bertz CT molecular complexity index is 838. The van der Waals surface area contributed by atoms with E-state index in [2.05, 4.69) is 42.7 Å². The maximum atomic E-state index is 12.9. The lowest BCUT2D eigenvalue weighted by Gasteiger charge is -2.54. The molecule has 4 saturated carbocycles. The number of nitrogens with one attached hydrogen (secondary N) is 1. The maximum Gasteiger partial charge on any atom is 0.261 e. The molecule has 1 N–H and O–H groups in total. The highest BCUT2D eigenvalue weighted by Crippen LogP contribution is 2.53. The van der Waals surface area contributed by atoms with Crippen molar-refractivity contribution >= 4 is 17.2 Å². The molecule has 4 heteroatoms. The van der Waals surface area contributed by atoms with Crippen LogP contribution in [0, 0.1) is 37.5 Å². The van der Waals surface area contributed by atoms with E-state index in [-0.39, 0.29) is 5.91 Å². The molecule has 148 valence electrons. The molecule has 0 unspecified atom stereocenters. The van der Waals surface area contributed by atoms with Gasteiger partial charge in [-0.1, -0.05) is 6.07 Å². The standard InChI is InChI=1S/C24H29NO2S/c1-14-3-15(2)5-21(4-14)27-12-18-11-22(28-13-18)24(26)25-23-19-7-16-6-17(9-19)10-20(23)8-16/h3-5,11,13,16-17,19-20,23H,6-10,12H2,1-2H3,(H,25,26). The van der Waals surface area contributed by atoms with Gasteiger partial charge in [0.25, 0.3) is 5.91 Å². The van der Waals surface area contributed by atoms with Gasteiger partial charge in [0.15, 0.2) is 0 Å². The quantitative estimate of drug-likeness (QED) is 0.726. The van der Waals surface area contributed by atoms with Crippen LogP contribution in [0.4, 0.5) is 0 Å². The van der Waals surface area contributed by atoms with E-state index in [1.54, 1.807) is 0 Å². The molecule has 28 heavy (non-hydrogen) atoms. The highest BCUT2D eigenvalue weighted by Gasteiger charge is 2.48. The van der Waals surface area contributed by atoms with Gasteiger partial charge < -0.3 is 10.1 Å². The minimum absolute atomic E-state index is 0.111. The fraction of sp³-hybridized carbons (Fsp3) is 0.542. The first kappa shape index (κ1) is 18.2. The van der Waals surface area contributed by atoms with Crippen LogP contribution in [-0.2, 0) is 6.61 Å². The molecule has 0 spiro atoms. The van der Waals surface area contributed by atoms with E-state index in [0.717, 1.165) is 28.0 Å². The number of rotatable bonds is 5. The van der Waals surface area contributed by atoms with Crippen LogP contribution in [-0.4, -0.2) is 11.9 Å². The summed E-state index contributed by atoms with van der Waals surface area (Å²) in [7, 11) is 0. The third-order valence-corrected chi connectivity index (χ3v) is 7.98. The van der Waals surface area contributed by atoms with E-state index in [4.69, 9.17) is 4.74 Å². The second kappa shape index (κ2) is 7.22. The topological polar surface area (TPSA) is 38.3 Å². The number of thiophene rings is 1. The van der Waals surface area contributed by atoms with Crippen LogP contribution in [0.5, 0.6) is 5.75 Å². The van der Waals surface area contributed by atoms with Crippen LogP contribution >= 0.6 is 11.3 Å². The summed E-state index contributed by atoms with van der Waals surface area (Å²) in [6.45, 7) is 4.67. The zero-order chi connectivity index (χ0) is 19.3. The minimum atomic E-state index is 0.111. The van der Waals surface area contributed by atoms with Gasteiger partial charge in [-0.05, 0) is 104 Å². The van der Waals surface area contributed by atoms with Crippen LogP contribution in [0.3, 0.4) is 0 Å². The molecule has 1 aromatic carbocycles. The molecule has 0 saturated heterocycles. The molecule has 0 atom stereocenters. The second-order valence-electron chi connectivity index (χ2n) is 9.36. The van der Waals surface area contributed by atoms with Crippen molar-refractivity contribution in [2.75, 3.05) is 0 Å². The van der Waals surface area contributed by atoms with Crippen molar-refractivity contribution < 1.29 is 9.53 Å². The van der Waals surface area contributed by atoms with Gasteiger partial charge in [-0.2, -0.15) is 0 Å². The van der Waals surface area contributed by atoms with Crippen LogP contribution in [0.25, 0.3) is 0 Å². The van der Waals surface area contributed by atoms with Gasteiger partial charge in [0.05, 0.1) is 4.88 Å². The Morgan fingerprint density at radius 1 is 1.00 bits per heavy atom. The number of carbonyl (C=O) groups excluding carboxylic acids is 1. The number of ether oxygens (including phenoxy) is 1. The molecule has 0 radical (unpaired) electrons. The molecule has 4 aliphatic carbocycles. The van der Waals surface area contributed by atoms with Crippen molar-refractivity contribution in [2.45, 2.75) is 58.6 Å². The van der Waals surface area contributed by atoms with Gasteiger partial charge in [-0.15, -0.1) is 11.3 Å². The zero-order valence-electron chi connectivity index (χ0n) is 16.7. The Morgan fingerprint density at radius 2 is 1.64 bits per heavy atom. The molecule has 0 aliphatic heterocycles. The summed E-state index contributed by atoms with van der Waals surface area (Å²) in [5.41, 5.74) is 3.48. The fourth-order valence-corrected chi connectivity index (χ4v) is 6.94. The van der Waals surface area contributed by atoms with Gasteiger partial charge in [0.2, 0.25) is 0 Å². The minimum Gasteiger partial charge on any atom is -0.489 e. The van der Waals surface area contributed by atoms with Gasteiger partial charge in [0.1, 0.15) is 12.4 Å². The molecule has 1 aromatic heterocycles. The largest absolute Gasteiger partial charge is 0.489 e. The number of aryl methyl sites for hydroxylation is 2. The number of hydrogen-bond acceptors (Lipinski definition) is 3. The molecular formula is C24H29NO2S. The predicted molar refractivity (Wildman–Crippen MR) is 113 cm³/mol. The Balaban J connectivity index is 1.20. The molecular weight excluding hydrogens is 366 g/mol. The Kier molecular flexibility index (Phi) is 4.70. The van der Waals surface area contributed by atoms with Crippen molar-refractivity contribution in [2.24, 2.45) is 23.7 Å².